The SMILES string of the molecule is CCOC(=O)c1c(C)nc2c(OCc3c(F)cccc3F)cc(OC)cn12. The molecule has 0 spiro atoms. The van der Waals surface area contributed by atoms with E-state index in [2.05, 4.69) is 4.98 Å². The number of nitrogens with zero attached hydrogens (tertiary/aromatic N) is 2. The minimum atomic E-state index is -0.708. The number of hydrogen-bond donors (Lipinski definition) is 0. The van der Waals surface area contributed by atoms with E-state index >= 15 is 0 Å². The van der Waals surface area contributed by atoms with Crippen LogP contribution in [0.3, 0.4) is 0 Å². The molecule has 0 saturated heterocycles. The minimum absolute atomic E-state index is 0.202. The first kappa shape index (κ1) is 18.6. The Morgan fingerprint density at radius 2 is 1.96 bits per heavy atom. The minimum Gasteiger partial charge on any atom is -0.495 e. The molecule has 0 fully saturated rings. The van der Waals surface area contributed by atoms with Crippen LogP contribution in [-0.4, -0.2) is 29.1 Å². The average molecular weight is 376 g/mol. The molecular formula is C19H18F2N2O4. The fourth-order valence-corrected chi connectivity index (χ4v) is 2.69. The normalized spacial score (nSPS) is 10.9. The summed E-state index contributed by atoms with van der Waals surface area (Å²) in [7, 11) is 1.45. The number of aryl methyl sites for hydroxylation is 1. The van der Waals surface area contributed by atoms with E-state index in [1.54, 1.807) is 20.0 Å². The van der Waals surface area contributed by atoms with Gasteiger partial charge in [-0.25, -0.2) is 18.6 Å². The van der Waals surface area contributed by atoms with Crippen molar-refractivity contribution in [3.05, 3.63) is 59.0 Å². The first-order valence-corrected chi connectivity index (χ1v) is 8.25. The van der Waals surface area contributed by atoms with E-state index in [9.17, 15) is 13.6 Å². The van der Waals surface area contributed by atoms with Crippen molar-refractivity contribution in [3.63, 3.8) is 0 Å². The zero-order valence-electron chi connectivity index (χ0n) is 15.1. The van der Waals surface area contributed by atoms with E-state index in [0.29, 0.717) is 17.1 Å². The van der Waals surface area contributed by atoms with Gasteiger partial charge in [-0.05, 0) is 26.0 Å². The summed E-state index contributed by atoms with van der Waals surface area (Å²) >= 11 is 0. The highest BCUT2D eigenvalue weighted by Gasteiger charge is 2.21. The molecule has 0 aliphatic rings. The van der Waals surface area contributed by atoms with E-state index in [0.717, 1.165) is 12.1 Å². The van der Waals surface area contributed by atoms with Crippen LogP contribution in [0.25, 0.3) is 5.65 Å². The predicted octanol–water partition coefficient (Wildman–Crippen LogP) is 3.69. The second-order valence-corrected chi connectivity index (χ2v) is 5.69. The highest BCUT2D eigenvalue weighted by Crippen LogP contribution is 2.29. The lowest BCUT2D eigenvalue weighted by molar-refractivity contribution is 0.0517. The maximum atomic E-state index is 13.8. The molecule has 0 unspecified atom stereocenters. The quantitative estimate of drug-likeness (QED) is 0.614. The van der Waals surface area contributed by atoms with Crippen LogP contribution >= 0.6 is 0 Å². The van der Waals surface area contributed by atoms with Crippen LogP contribution in [0.5, 0.6) is 11.5 Å². The lowest BCUT2D eigenvalue weighted by Crippen LogP contribution is -2.10. The number of esters is 1. The molecule has 0 saturated carbocycles. The number of pyridine rings is 1. The molecule has 0 aliphatic carbocycles. The Morgan fingerprint density at radius 3 is 2.59 bits per heavy atom. The highest BCUT2D eigenvalue weighted by molar-refractivity contribution is 5.90. The maximum Gasteiger partial charge on any atom is 0.357 e. The fourth-order valence-electron chi connectivity index (χ4n) is 2.69. The molecule has 0 amide bonds. The molecule has 1 aromatic carbocycles. The van der Waals surface area contributed by atoms with Crippen molar-refractivity contribution in [1.82, 2.24) is 9.38 Å². The van der Waals surface area contributed by atoms with Crippen molar-refractivity contribution < 1.29 is 27.8 Å². The Bertz CT molecular complexity index is 981. The summed E-state index contributed by atoms with van der Waals surface area (Å²) in [4.78, 5) is 16.6. The van der Waals surface area contributed by atoms with Gasteiger partial charge in [0.05, 0.1) is 31.2 Å². The molecule has 2 heterocycles. The Kier molecular flexibility index (Phi) is 5.25. The number of hydrogen-bond acceptors (Lipinski definition) is 5. The summed E-state index contributed by atoms with van der Waals surface area (Å²) in [6.07, 6.45) is 1.57. The Morgan fingerprint density at radius 1 is 1.26 bits per heavy atom. The van der Waals surface area contributed by atoms with Gasteiger partial charge in [0, 0.05) is 6.07 Å². The van der Waals surface area contributed by atoms with Crippen LogP contribution in [0.15, 0.2) is 30.5 Å². The molecular weight excluding hydrogens is 358 g/mol. The van der Waals surface area contributed by atoms with Crippen molar-refractivity contribution in [2.24, 2.45) is 0 Å². The summed E-state index contributed by atoms with van der Waals surface area (Å²) < 4.78 is 45.1. The van der Waals surface area contributed by atoms with Crippen molar-refractivity contribution in [2.75, 3.05) is 13.7 Å². The maximum absolute atomic E-state index is 13.8. The van der Waals surface area contributed by atoms with E-state index in [1.807, 2.05) is 0 Å². The standard InChI is InChI=1S/C19H18F2N2O4/c1-4-26-19(24)17-11(2)22-18-16(8-12(25-3)9-23(17)18)27-10-13-14(20)6-5-7-15(13)21/h5-9H,4,10H2,1-3H3. The van der Waals surface area contributed by atoms with E-state index in [1.165, 1.54) is 23.6 Å². The Labute approximate surface area is 154 Å². The van der Waals surface area contributed by atoms with Gasteiger partial charge in [0.2, 0.25) is 0 Å². The zero-order chi connectivity index (χ0) is 19.6. The van der Waals surface area contributed by atoms with Gasteiger partial charge in [0.15, 0.2) is 17.1 Å². The lowest BCUT2D eigenvalue weighted by atomic mass is 10.2. The first-order chi connectivity index (χ1) is 13.0. The number of imidazole rings is 1. The number of carbonyl (C=O) groups is 1. The second-order valence-electron chi connectivity index (χ2n) is 5.69. The summed E-state index contributed by atoms with van der Waals surface area (Å²) in [5, 5.41) is 0. The van der Waals surface area contributed by atoms with Gasteiger partial charge in [0.25, 0.3) is 0 Å². The van der Waals surface area contributed by atoms with Crippen LogP contribution in [-0.2, 0) is 11.3 Å². The molecule has 2 aromatic heterocycles. The van der Waals surface area contributed by atoms with Gasteiger partial charge in [-0.2, -0.15) is 0 Å². The number of rotatable bonds is 6. The third kappa shape index (κ3) is 3.55. The molecule has 8 heteroatoms. The smallest absolute Gasteiger partial charge is 0.357 e. The summed E-state index contributed by atoms with van der Waals surface area (Å²) in [5.41, 5.74) is 0.775. The highest BCUT2D eigenvalue weighted by atomic mass is 19.1. The first-order valence-electron chi connectivity index (χ1n) is 8.25. The molecule has 0 N–H and O–H groups in total. The monoisotopic (exact) mass is 376 g/mol. The van der Waals surface area contributed by atoms with Gasteiger partial charge >= 0.3 is 5.97 Å². The van der Waals surface area contributed by atoms with Crippen LogP contribution in [0.2, 0.25) is 0 Å². The van der Waals surface area contributed by atoms with Gasteiger partial charge in [-0.15, -0.1) is 0 Å². The summed E-state index contributed by atoms with van der Waals surface area (Å²) in [6.45, 7) is 3.23. The molecule has 0 radical (unpaired) electrons. The van der Waals surface area contributed by atoms with E-state index in [-0.39, 0.29) is 30.2 Å². The van der Waals surface area contributed by atoms with Crippen LogP contribution in [0.1, 0.15) is 28.7 Å². The molecule has 142 valence electrons. The molecule has 6 nitrogen and oxygen atoms in total. The number of benzene rings is 1. The van der Waals surface area contributed by atoms with Gasteiger partial charge in [0.1, 0.15) is 24.0 Å². The average Bonchev–Trinajstić information content (AvgIpc) is 2.97. The second kappa shape index (κ2) is 7.61. The Hall–Kier alpha value is -3.16. The van der Waals surface area contributed by atoms with Crippen molar-refractivity contribution >= 4 is 11.6 Å². The Balaban J connectivity index is 2.05. The van der Waals surface area contributed by atoms with Crippen LogP contribution in [0.4, 0.5) is 8.78 Å². The number of fused-ring (bicyclic) bond motifs is 1. The number of carbonyl (C=O) groups excluding carboxylic acids is 1. The lowest BCUT2D eigenvalue weighted by Gasteiger charge is -2.11. The number of ether oxygens (including phenoxy) is 3. The summed E-state index contributed by atoms with van der Waals surface area (Å²) in [5.74, 6) is -1.35. The topological polar surface area (TPSA) is 62.1 Å². The van der Waals surface area contributed by atoms with Gasteiger partial charge < -0.3 is 14.2 Å². The van der Waals surface area contributed by atoms with E-state index in [4.69, 9.17) is 14.2 Å². The van der Waals surface area contributed by atoms with Gasteiger partial charge in [-0.1, -0.05) is 6.07 Å². The molecule has 0 bridgehead atoms. The third-order valence-electron chi connectivity index (χ3n) is 3.97. The summed E-state index contributed by atoms with van der Waals surface area (Å²) in [6, 6.07) is 5.12. The number of halogens is 2. The number of methoxy groups -OCH3 is 1. The largest absolute Gasteiger partial charge is 0.495 e. The zero-order valence-corrected chi connectivity index (χ0v) is 15.1. The third-order valence-corrected chi connectivity index (χ3v) is 3.97. The molecule has 27 heavy (non-hydrogen) atoms. The van der Waals surface area contributed by atoms with Crippen LogP contribution in [0, 0.1) is 18.6 Å². The molecule has 3 aromatic rings. The predicted molar refractivity (Wildman–Crippen MR) is 93.1 cm³/mol. The number of aromatic nitrogens is 2. The van der Waals surface area contributed by atoms with E-state index < -0.39 is 17.6 Å². The van der Waals surface area contributed by atoms with Crippen molar-refractivity contribution in [3.8, 4) is 11.5 Å². The molecule has 3 rings (SSSR count). The van der Waals surface area contributed by atoms with Crippen molar-refractivity contribution in [2.45, 2.75) is 20.5 Å². The van der Waals surface area contributed by atoms with Crippen LogP contribution < -0.4 is 9.47 Å². The fraction of sp³-hybridized carbons (Fsp3) is 0.263. The molecule has 0 atom stereocenters. The van der Waals surface area contributed by atoms with Gasteiger partial charge in [-0.3, -0.25) is 4.40 Å². The molecule has 0 aliphatic heterocycles. The van der Waals surface area contributed by atoms with Crippen molar-refractivity contribution in [1.29, 1.82) is 0 Å².